The van der Waals surface area contributed by atoms with Crippen molar-refractivity contribution >= 4 is 16.7 Å². The number of pyridine rings is 1. The second-order valence-corrected chi connectivity index (χ2v) is 5.53. The molecule has 2 heterocycles. The van der Waals surface area contributed by atoms with Crippen LogP contribution in [0.3, 0.4) is 0 Å². The van der Waals surface area contributed by atoms with E-state index >= 15 is 0 Å². The molecule has 0 bridgehead atoms. The molecule has 4 nitrogen and oxygen atoms in total. The van der Waals surface area contributed by atoms with Gasteiger partial charge in [-0.3, -0.25) is 0 Å². The molecular weight excluding hydrogens is 250 g/mol. The summed E-state index contributed by atoms with van der Waals surface area (Å²) in [5.74, 6) is 0.744. The molecule has 4 heteroatoms. The van der Waals surface area contributed by atoms with Gasteiger partial charge in [0, 0.05) is 12.0 Å². The summed E-state index contributed by atoms with van der Waals surface area (Å²) >= 11 is 0. The van der Waals surface area contributed by atoms with Crippen LogP contribution >= 0.6 is 0 Å². The van der Waals surface area contributed by atoms with E-state index < -0.39 is 0 Å². The molecule has 0 aliphatic carbocycles. The maximum absolute atomic E-state index is 9.30. The summed E-state index contributed by atoms with van der Waals surface area (Å²) in [7, 11) is 0. The van der Waals surface area contributed by atoms with Gasteiger partial charge in [-0.05, 0) is 31.9 Å². The summed E-state index contributed by atoms with van der Waals surface area (Å²) in [5.41, 5.74) is 1.38. The van der Waals surface area contributed by atoms with Gasteiger partial charge in [0.2, 0.25) is 0 Å². The number of hydrogen-bond acceptors (Lipinski definition) is 4. The predicted octanol–water partition coefficient (Wildman–Crippen LogP) is 3.09. The van der Waals surface area contributed by atoms with Crippen molar-refractivity contribution in [2.24, 2.45) is 0 Å². The van der Waals surface area contributed by atoms with Gasteiger partial charge >= 0.3 is 0 Å². The number of nitriles is 1. The van der Waals surface area contributed by atoms with E-state index in [0.717, 1.165) is 36.2 Å². The second-order valence-electron chi connectivity index (χ2n) is 5.53. The molecule has 1 aliphatic heterocycles. The lowest BCUT2D eigenvalue weighted by atomic mass is 9.95. The molecule has 1 atom stereocenters. The van der Waals surface area contributed by atoms with Crippen LogP contribution in [-0.2, 0) is 4.74 Å². The van der Waals surface area contributed by atoms with Gasteiger partial charge in [-0.1, -0.05) is 18.2 Å². The van der Waals surface area contributed by atoms with Gasteiger partial charge in [0.05, 0.1) is 29.3 Å². The average molecular weight is 267 g/mol. The molecular formula is C16H17N3O. The SMILES string of the molecule is CC1(Nc2cc(C#N)c3ccccc3n2)CCCOC1. The molecule has 1 saturated heterocycles. The number of anilines is 1. The van der Waals surface area contributed by atoms with Crippen LogP contribution in [0.25, 0.3) is 10.9 Å². The summed E-state index contributed by atoms with van der Waals surface area (Å²) in [6.07, 6.45) is 2.09. The van der Waals surface area contributed by atoms with Crippen LogP contribution in [0.5, 0.6) is 0 Å². The van der Waals surface area contributed by atoms with Crippen LogP contribution in [0.1, 0.15) is 25.3 Å². The number of aromatic nitrogens is 1. The Morgan fingerprint density at radius 2 is 2.25 bits per heavy atom. The molecule has 0 amide bonds. The number of benzene rings is 1. The van der Waals surface area contributed by atoms with Crippen LogP contribution in [0, 0.1) is 11.3 Å². The quantitative estimate of drug-likeness (QED) is 0.908. The van der Waals surface area contributed by atoms with Crippen molar-refractivity contribution in [2.75, 3.05) is 18.5 Å². The molecule has 0 spiro atoms. The summed E-state index contributed by atoms with van der Waals surface area (Å²) in [6, 6.07) is 11.8. The number of ether oxygens (including phenoxy) is 1. The molecule has 0 saturated carbocycles. The van der Waals surface area contributed by atoms with E-state index in [1.807, 2.05) is 30.3 Å². The van der Waals surface area contributed by atoms with Crippen molar-refractivity contribution in [3.05, 3.63) is 35.9 Å². The minimum atomic E-state index is -0.111. The summed E-state index contributed by atoms with van der Waals surface area (Å²) in [5, 5.41) is 13.6. The monoisotopic (exact) mass is 267 g/mol. The standard InChI is InChI=1S/C16H17N3O/c1-16(7-4-8-20-11-16)19-15-9-12(10-17)13-5-2-3-6-14(13)18-15/h2-3,5-6,9H,4,7-8,11H2,1H3,(H,18,19). The lowest BCUT2D eigenvalue weighted by Gasteiger charge is -2.34. The first-order valence-electron chi connectivity index (χ1n) is 6.86. The van der Waals surface area contributed by atoms with E-state index in [1.165, 1.54) is 0 Å². The first-order valence-corrected chi connectivity index (χ1v) is 6.86. The van der Waals surface area contributed by atoms with E-state index in [9.17, 15) is 5.26 Å². The number of nitrogens with one attached hydrogen (secondary N) is 1. The van der Waals surface area contributed by atoms with Gasteiger partial charge in [0.1, 0.15) is 5.82 Å². The van der Waals surface area contributed by atoms with Crippen molar-refractivity contribution in [1.29, 1.82) is 5.26 Å². The van der Waals surface area contributed by atoms with E-state index in [0.29, 0.717) is 12.2 Å². The van der Waals surface area contributed by atoms with Gasteiger partial charge in [-0.2, -0.15) is 5.26 Å². The van der Waals surface area contributed by atoms with Gasteiger partial charge < -0.3 is 10.1 Å². The molecule has 1 N–H and O–H groups in total. The second kappa shape index (κ2) is 5.10. The predicted molar refractivity (Wildman–Crippen MR) is 78.5 cm³/mol. The highest BCUT2D eigenvalue weighted by atomic mass is 16.5. The third kappa shape index (κ3) is 2.45. The van der Waals surface area contributed by atoms with Crippen molar-refractivity contribution in [2.45, 2.75) is 25.3 Å². The Labute approximate surface area is 118 Å². The Hall–Kier alpha value is -2.12. The zero-order valence-corrected chi connectivity index (χ0v) is 11.5. The largest absolute Gasteiger partial charge is 0.379 e. The smallest absolute Gasteiger partial charge is 0.128 e. The fraction of sp³-hybridized carbons (Fsp3) is 0.375. The van der Waals surface area contributed by atoms with Crippen LogP contribution in [0.4, 0.5) is 5.82 Å². The molecule has 1 unspecified atom stereocenters. The van der Waals surface area contributed by atoms with Crippen molar-refractivity contribution < 1.29 is 4.74 Å². The van der Waals surface area contributed by atoms with Crippen molar-refractivity contribution in [1.82, 2.24) is 4.98 Å². The first kappa shape index (κ1) is 12.9. The fourth-order valence-corrected chi connectivity index (χ4v) is 2.67. The molecule has 20 heavy (non-hydrogen) atoms. The zero-order valence-electron chi connectivity index (χ0n) is 11.5. The molecule has 102 valence electrons. The molecule has 0 radical (unpaired) electrons. The molecule has 3 rings (SSSR count). The molecule has 1 aliphatic rings. The topological polar surface area (TPSA) is 57.9 Å². The van der Waals surface area contributed by atoms with Crippen LogP contribution in [0.2, 0.25) is 0 Å². The number of rotatable bonds is 2. The Kier molecular flexibility index (Phi) is 3.29. The van der Waals surface area contributed by atoms with E-state index in [-0.39, 0.29) is 5.54 Å². The number of hydrogen-bond donors (Lipinski definition) is 1. The lowest BCUT2D eigenvalue weighted by Crippen LogP contribution is -2.43. The Morgan fingerprint density at radius 3 is 3.00 bits per heavy atom. The molecule has 1 fully saturated rings. The fourth-order valence-electron chi connectivity index (χ4n) is 2.67. The summed E-state index contributed by atoms with van der Waals surface area (Å²) in [6.45, 7) is 3.63. The molecule has 1 aromatic heterocycles. The highest BCUT2D eigenvalue weighted by molar-refractivity contribution is 5.86. The number of fused-ring (bicyclic) bond motifs is 1. The normalized spacial score (nSPS) is 22.4. The van der Waals surface area contributed by atoms with E-state index in [4.69, 9.17) is 4.74 Å². The van der Waals surface area contributed by atoms with Gasteiger partial charge in [-0.25, -0.2) is 4.98 Å². The van der Waals surface area contributed by atoms with Crippen molar-refractivity contribution in [3.63, 3.8) is 0 Å². The first-order chi connectivity index (χ1) is 9.70. The third-order valence-electron chi connectivity index (χ3n) is 3.70. The third-order valence-corrected chi connectivity index (χ3v) is 3.70. The number of para-hydroxylation sites is 1. The Bertz CT molecular complexity index is 669. The highest BCUT2D eigenvalue weighted by Gasteiger charge is 2.27. The maximum Gasteiger partial charge on any atom is 0.128 e. The minimum absolute atomic E-state index is 0.111. The summed E-state index contributed by atoms with van der Waals surface area (Å²) in [4.78, 5) is 4.61. The van der Waals surface area contributed by atoms with Gasteiger partial charge in [0.15, 0.2) is 0 Å². The molecule has 1 aromatic carbocycles. The van der Waals surface area contributed by atoms with Gasteiger partial charge in [-0.15, -0.1) is 0 Å². The van der Waals surface area contributed by atoms with Gasteiger partial charge in [0.25, 0.3) is 0 Å². The Balaban J connectivity index is 1.98. The zero-order chi connectivity index (χ0) is 14.0. The average Bonchev–Trinajstić information content (AvgIpc) is 2.46. The highest BCUT2D eigenvalue weighted by Crippen LogP contribution is 2.26. The molecule has 2 aromatic rings. The van der Waals surface area contributed by atoms with Crippen LogP contribution in [-0.4, -0.2) is 23.7 Å². The van der Waals surface area contributed by atoms with Crippen LogP contribution < -0.4 is 5.32 Å². The van der Waals surface area contributed by atoms with Crippen LogP contribution in [0.15, 0.2) is 30.3 Å². The van der Waals surface area contributed by atoms with E-state index in [2.05, 4.69) is 23.3 Å². The maximum atomic E-state index is 9.30. The Morgan fingerprint density at radius 1 is 1.40 bits per heavy atom. The minimum Gasteiger partial charge on any atom is -0.379 e. The lowest BCUT2D eigenvalue weighted by molar-refractivity contribution is 0.0539. The number of nitrogens with zero attached hydrogens (tertiary/aromatic N) is 2. The summed E-state index contributed by atoms with van der Waals surface area (Å²) < 4.78 is 5.55. The van der Waals surface area contributed by atoms with Crippen molar-refractivity contribution in [3.8, 4) is 6.07 Å². The van der Waals surface area contributed by atoms with E-state index in [1.54, 1.807) is 0 Å².